The lowest BCUT2D eigenvalue weighted by Crippen LogP contribution is -2.30. The molecule has 0 aliphatic heterocycles. The van der Waals surface area contributed by atoms with E-state index in [0.717, 1.165) is 30.5 Å². The van der Waals surface area contributed by atoms with Gasteiger partial charge in [-0.05, 0) is 63.5 Å². The molecule has 0 saturated carbocycles. The Bertz CT molecular complexity index is 1250. The van der Waals surface area contributed by atoms with Gasteiger partial charge in [-0.25, -0.2) is 0 Å². The molecular weight excluding hydrogens is 436 g/mol. The number of hydrogen-bond acceptors (Lipinski definition) is 4. The summed E-state index contributed by atoms with van der Waals surface area (Å²) in [6.07, 6.45) is 5.10. The van der Waals surface area contributed by atoms with Crippen LogP contribution in [0.4, 0.5) is 5.69 Å². The maximum atomic E-state index is 13.6. The smallest absolute Gasteiger partial charge is 0.219 e. The van der Waals surface area contributed by atoms with Gasteiger partial charge in [-0.15, -0.1) is 0 Å². The molecular formula is C26H31ClN4O2. The zero-order chi connectivity index (χ0) is 23.7. The maximum Gasteiger partial charge on any atom is 0.219 e. The van der Waals surface area contributed by atoms with Crippen LogP contribution in [0.2, 0.25) is 5.02 Å². The monoisotopic (exact) mass is 466 g/mol. The molecule has 1 aliphatic rings. The number of hydrogen-bond donors (Lipinski definition) is 2. The molecule has 4 rings (SSSR count). The van der Waals surface area contributed by atoms with Crippen molar-refractivity contribution in [2.75, 3.05) is 19.4 Å². The third-order valence-electron chi connectivity index (χ3n) is 6.61. The fraction of sp³-hybridized carbons (Fsp3) is 0.385. The molecule has 0 bridgehead atoms. The minimum absolute atomic E-state index is 0.0784. The number of carbonyl (C=O) groups excluding carboxylic acids is 1. The number of benzene rings is 2. The minimum Gasteiger partial charge on any atom is -0.377 e. The van der Waals surface area contributed by atoms with E-state index in [-0.39, 0.29) is 17.9 Å². The van der Waals surface area contributed by atoms with E-state index in [1.807, 2.05) is 48.8 Å². The van der Waals surface area contributed by atoms with Gasteiger partial charge in [0.05, 0.1) is 22.3 Å². The van der Waals surface area contributed by atoms with Crippen molar-refractivity contribution in [1.29, 1.82) is 0 Å². The van der Waals surface area contributed by atoms with Gasteiger partial charge in [0.1, 0.15) is 0 Å². The van der Waals surface area contributed by atoms with E-state index in [1.165, 1.54) is 11.1 Å². The Kier molecular flexibility index (Phi) is 6.77. The first-order valence-corrected chi connectivity index (χ1v) is 11.8. The van der Waals surface area contributed by atoms with Gasteiger partial charge in [-0.1, -0.05) is 35.9 Å². The predicted octanol–water partition coefficient (Wildman–Crippen LogP) is 4.64. The number of amides is 1. The maximum absolute atomic E-state index is 13.6. The van der Waals surface area contributed by atoms with Crippen LogP contribution in [0, 0.1) is 0 Å². The van der Waals surface area contributed by atoms with Gasteiger partial charge < -0.3 is 20.5 Å². The molecule has 7 heteroatoms. The molecule has 1 heterocycles. The Labute approximate surface area is 199 Å². The number of nitrogens with one attached hydrogen (secondary N) is 1. The molecule has 2 atom stereocenters. The number of nitrogens with two attached hydrogens (primary N) is 1. The molecule has 2 aromatic carbocycles. The Hall–Kier alpha value is -2.83. The highest BCUT2D eigenvalue weighted by Crippen LogP contribution is 2.36. The molecule has 1 aliphatic carbocycles. The molecule has 174 valence electrons. The van der Waals surface area contributed by atoms with Crippen LogP contribution >= 0.6 is 11.6 Å². The molecule has 1 amide bonds. The van der Waals surface area contributed by atoms with E-state index in [9.17, 15) is 9.59 Å². The fourth-order valence-corrected chi connectivity index (χ4v) is 5.11. The number of primary amides is 1. The summed E-state index contributed by atoms with van der Waals surface area (Å²) in [5.74, 6) is -0.439. The van der Waals surface area contributed by atoms with Crippen LogP contribution in [0.5, 0.6) is 0 Å². The van der Waals surface area contributed by atoms with Crippen molar-refractivity contribution in [3.63, 3.8) is 0 Å². The number of carbonyl (C=O) groups is 1. The summed E-state index contributed by atoms with van der Waals surface area (Å²) in [4.78, 5) is 27.2. The third kappa shape index (κ3) is 4.63. The number of pyridine rings is 1. The second-order valence-corrected chi connectivity index (χ2v) is 9.39. The summed E-state index contributed by atoms with van der Waals surface area (Å²) >= 11 is 6.71. The number of nitrogens with zero attached hydrogens (tertiary/aromatic N) is 2. The van der Waals surface area contributed by atoms with Crippen LogP contribution in [0.1, 0.15) is 55.0 Å². The van der Waals surface area contributed by atoms with Crippen LogP contribution in [-0.2, 0) is 17.8 Å². The molecule has 6 nitrogen and oxygen atoms in total. The SMILES string of the molecule is CCn1cc(C(CC(N)=O)N(C)C)c(=O)c2cc(NC3CCCc4ccccc43)c(Cl)cc21. The summed E-state index contributed by atoms with van der Waals surface area (Å²) in [5.41, 5.74) is 10.1. The summed E-state index contributed by atoms with van der Waals surface area (Å²) in [5, 5.41) is 4.77. The molecule has 3 aromatic rings. The highest BCUT2D eigenvalue weighted by molar-refractivity contribution is 6.34. The van der Waals surface area contributed by atoms with E-state index in [1.54, 1.807) is 0 Å². The van der Waals surface area contributed by atoms with Crippen LogP contribution in [0.25, 0.3) is 10.9 Å². The fourth-order valence-electron chi connectivity index (χ4n) is 4.90. The Morgan fingerprint density at radius 2 is 2.06 bits per heavy atom. The first-order valence-electron chi connectivity index (χ1n) is 11.5. The molecule has 0 fully saturated rings. The van der Waals surface area contributed by atoms with Crippen LogP contribution in [-0.4, -0.2) is 29.5 Å². The van der Waals surface area contributed by atoms with Gasteiger partial charge in [0.25, 0.3) is 0 Å². The molecule has 0 radical (unpaired) electrons. The number of aryl methyl sites for hydroxylation is 2. The molecule has 33 heavy (non-hydrogen) atoms. The van der Waals surface area contributed by atoms with Crippen molar-refractivity contribution in [1.82, 2.24) is 9.47 Å². The minimum atomic E-state index is -0.439. The number of anilines is 1. The Morgan fingerprint density at radius 1 is 1.30 bits per heavy atom. The van der Waals surface area contributed by atoms with Crippen molar-refractivity contribution >= 4 is 34.1 Å². The van der Waals surface area contributed by atoms with Gasteiger partial charge >= 0.3 is 0 Å². The highest BCUT2D eigenvalue weighted by atomic mass is 35.5. The number of halogens is 1. The van der Waals surface area contributed by atoms with Crippen LogP contribution < -0.4 is 16.5 Å². The van der Waals surface area contributed by atoms with Crippen molar-refractivity contribution in [3.05, 3.63) is 74.5 Å². The zero-order valence-electron chi connectivity index (χ0n) is 19.4. The Balaban J connectivity index is 1.82. The molecule has 3 N–H and O–H groups in total. The van der Waals surface area contributed by atoms with Gasteiger partial charge in [0.2, 0.25) is 5.91 Å². The summed E-state index contributed by atoms with van der Waals surface area (Å²) in [6, 6.07) is 12.0. The summed E-state index contributed by atoms with van der Waals surface area (Å²) in [7, 11) is 3.70. The van der Waals surface area contributed by atoms with Crippen molar-refractivity contribution < 1.29 is 4.79 Å². The average molecular weight is 467 g/mol. The quantitative estimate of drug-likeness (QED) is 0.531. The van der Waals surface area contributed by atoms with E-state index in [2.05, 4.69) is 29.6 Å². The lowest BCUT2D eigenvalue weighted by atomic mass is 9.87. The topological polar surface area (TPSA) is 80.4 Å². The van der Waals surface area contributed by atoms with Gasteiger partial charge in [0.15, 0.2) is 5.43 Å². The normalized spacial score (nSPS) is 16.6. The second kappa shape index (κ2) is 9.57. The first-order chi connectivity index (χ1) is 15.8. The number of fused-ring (bicyclic) bond motifs is 2. The largest absolute Gasteiger partial charge is 0.377 e. The van der Waals surface area contributed by atoms with Crippen molar-refractivity contribution in [2.45, 2.75) is 51.2 Å². The molecule has 2 unspecified atom stereocenters. The van der Waals surface area contributed by atoms with E-state index in [0.29, 0.717) is 22.5 Å². The number of rotatable bonds is 7. The molecule has 0 saturated heterocycles. The van der Waals surface area contributed by atoms with E-state index in [4.69, 9.17) is 17.3 Å². The van der Waals surface area contributed by atoms with E-state index < -0.39 is 11.9 Å². The van der Waals surface area contributed by atoms with Crippen LogP contribution in [0.15, 0.2) is 47.4 Å². The summed E-state index contributed by atoms with van der Waals surface area (Å²) in [6.45, 7) is 2.69. The van der Waals surface area contributed by atoms with Crippen molar-refractivity contribution in [3.8, 4) is 0 Å². The van der Waals surface area contributed by atoms with Crippen molar-refractivity contribution in [2.24, 2.45) is 5.73 Å². The zero-order valence-corrected chi connectivity index (χ0v) is 20.2. The first kappa shape index (κ1) is 23.3. The standard InChI is InChI=1S/C26H31ClN4O2/c1-4-31-15-19(23(30(2)3)14-25(28)32)26(33)18-12-22(20(27)13-24(18)31)29-21-11-7-9-16-8-5-6-10-17(16)21/h5-6,8,10,12-13,15,21,23,29H,4,7,9,11,14H2,1-3H3,(H2,28,32). The van der Waals surface area contributed by atoms with Crippen LogP contribution in [0.3, 0.4) is 0 Å². The predicted molar refractivity (Wildman–Crippen MR) is 135 cm³/mol. The Morgan fingerprint density at radius 3 is 2.76 bits per heavy atom. The lowest BCUT2D eigenvalue weighted by molar-refractivity contribution is -0.119. The number of aromatic nitrogens is 1. The van der Waals surface area contributed by atoms with Gasteiger partial charge in [0, 0.05) is 36.2 Å². The third-order valence-corrected chi connectivity index (χ3v) is 6.93. The highest BCUT2D eigenvalue weighted by Gasteiger charge is 2.24. The molecule has 1 aromatic heterocycles. The second-order valence-electron chi connectivity index (χ2n) is 8.99. The average Bonchev–Trinajstić information content (AvgIpc) is 2.79. The van der Waals surface area contributed by atoms with Gasteiger partial charge in [-0.2, -0.15) is 0 Å². The van der Waals surface area contributed by atoms with Gasteiger partial charge in [-0.3, -0.25) is 9.59 Å². The summed E-state index contributed by atoms with van der Waals surface area (Å²) < 4.78 is 2.01. The molecule has 0 spiro atoms. The lowest BCUT2D eigenvalue weighted by Gasteiger charge is -2.28. The van der Waals surface area contributed by atoms with E-state index >= 15 is 0 Å².